The number of nitrogen functional groups attached to an aromatic ring is 1. The number of nitrogens with two attached hydrogens (primary N) is 1. The van der Waals surface area contributed by atoms with Gasteiger partial charge in [-0.15, -0.1) is 0 Å². The van der Waals surface area contributed by atoms with Crippen LogP contribution in [0.1, 0.15) is 11.6 Å². The van der Waals surface area contributed by atoms with Crippen molar-refractivity contribution in [1.29, 1.82) is 0 Å². The largest absolute Gasteiger partial charge is 0.377 e. The fraction of sp³-hybridized carbons (Fsp3) is 0.267. The Kier molecular flexibility index (Phi) is 5.42. The van der Waals surface area contributed by atoms with Gasteiger partial charge in [0.15, 0.2) is 5.82 Å². The van der Waals surface area contributed by atoms with Gasteiger partial charge in [-0.25, -0.2) is 15.0 Å². The standard InChI is InChI=1S/C15H14Cl2N6O2/c16-2-1-13(24)23-3-4-25-7-11(23)9-5-10(21-12(17)6-9)14-19-8-20-15(18)22-14/h1-2,5-6,8,11H,3-4,7H2,(H2,18,19,20,22)/b2-1+/t11-/m1/s1. The molecule has 2 N–H and O–H groups in total. The van der Waals surface area contributed by atoms with E-state index in [-0.39, 0.29) is 23.1 Å². The summed E-state index contributed by atoms with van der Waals surface area (Å²) in [6.45, 7) is 1.23. The normalized spacial score (nSPS) is 17.8. The first kappa shape index (κ1) is 17.5. The van der Waals surface area contributed by atoms with Crippen LogP contribution in [0.2, 0.25) is 5.15 Å². The van der Waals surface area contributed by atoms with E-state index in [1.807, 2.05) is 0 Å². The van der Waals surface area contributed by atoms with Crippen molar-refractivity contribution in [3.63, 3.8) is 0 Å². The van der Waals surface area contributed by atoms with Crippen LogP contribution in [-0.2, 0) is 9.53 Å². The first-order valence-corrected chi connectivity index (χ1v) is 8.17. The Morgan fingerprint density at radius 1 is 1.36 bits per heavy atom. The number of nitrogens with zero attached hydrogens (tertiary/aromatic N) is 5. The van der Waals surface area contributed by atoms with Crippen LogP contribution in [0, 0.1) is 0 Å². The van der Waals surface area contributed by atoms with Crippen molar-refractivity contribution in [3.8, 4) is 11.5 Å². The molecule has 8 nitrogen and oxygen atoms in total. The topological polar surface area (TPSA) is 107 Å². The van der Waals surface area contributed by atoms with Gasteiger partial charge in [-0.2, -0.15) is 4.98 Å². The average molecular weight is 381 g/mol. The van der Waals surface area contributed by atoms with Gasteiger partial charge < -0.3 is 15.4 Å². The molecule has 0 aromatic carbocycles. The minimum atomic E-state index is -0.326. The van der Waals surface area contributed by atoms with Crippen molar-refractivity contribution < 1.29 is 9.53 Å². The summed E-state index contributed by atoms with van der Waals surface area (Å²) in [7, 11) is 0. The van der Waals surface area contributed by atoms with E-state index in [0.717, 1.165) is 5.56 Å². The third-order valence-electron chi connectivity index (χ3n) is 3.64. The number of carbonyl (C=O) groups is 1. The summed E-state index contributed by atoms with van der Waals surface area (Å²) in [6.07, 6.45) is 2.60. The van der Waals surface area contributed by atoms with Crippen molar-refractivity contribution in [2.45, 2.75) is 6.04 Å². The molecule has 25 heavy (non-hydrogen) atoms. The van der Waals surface area contributed by atoms with Crippen LogP contribution in [0.5, 0.6) is 0 Å². The Balaban J connectivity index is 1.99. The molecule has 0 saturated carbocycles. The number of hydrogen-bond donors (Lipinski definition) is 1. The SMILES string of the molecule is Nc1ncnc(-c2cc([C@H]3COCCN3C(=O)/C=C/Cl)cc(Cl)n2)n1. The van der Waals surface area contributed by atoms with Gasteiger partial charge in [0.25, 0.3) is 0 Å². The van der Waals surface area contributed by atoms with E-state index in [0.29, 0.717) is 31.3 Å². The second-order valence-electron chi connectivity index (χ2n) is 5.19. The van der Waals surface area contributed by atoms with Crippen LogP contribution in [0.3, 0.4) is 0 Å². The summed E-state index contributed by atoms with van der Waals surface area (Å²) in [5.74, 6) is 0.173. The number of morpholine rings is 1. The van der Waals surface area contributed by atoms with E-state index in [4.69, 9.17) is 33.7 Å². The summed E-state index contributed by atoms with van der Waals surface area (Å²) in [6, 6.07) is 3.11. The molecule has 1 saturated heterocycles. The highest BCUT2D eigenvalue weighted by molar-refractivity contribution is 6.29. The highest BCUT2D eigenvalue weighted by atomic mass is 35.5. The van der Waals surface area contributed by atoms with Crippen LogP contribution in [0.25, 0.3) is 11.5 Å². The number of aromatic nitrogens is 4. The van der Waals surface area contributed by atoms with E-state index in [1.165, 1.54) is 17.9 Å². The first-order valence-electron chi connectivity index (χ1n) is 7.36. The van der Waals surface area contributed by atoms with E-state index in [2.05, 4.69) is 19.9 Å². The summed E-state index contributed by atoms with van der Waals surface area (Å²) in [5, 5.41) is 0.248. The van der Waals surface area contributed by atoms with E-state index in [1.54, 1.807) is 17.0 Å². The first-order chi connectivity index (χ1) is 12.1. The van der Waals surface area contributed by atoms with Gasteiger partial charge in [0, 0.05) is 18.2 Å². The van der Waals surface area contributed by atoms with E-state index >= 15 is 0 Å². The maximum atomic E-state index is 12.3. The van der Waals surface area contributed by atoms with Gasteiger partial charge in [-0.05, 0) is 17.7 Å². The smallest absolute Gasteiger partial charge is 0.248 e. The number of pyridine rings is 1. The van der Waals surface area contributed by atoms with Gasteiger partial charge in [-0.3, -0.25) is 4.79 Å². The second-order valence-corrected chi connectivity index (χ2v) is 5.83. The molecule has 0 radical (unpaired) electrons. The summed E-state index contributed by atoms with van der Waals surface area (Å²) < 4.78 is 5.52. The van der Waals surface area contributed by atoms with Gasteiger partial charge in [0.1, 0.15) is 17.2 Å². The lowest BCUT2D eigenvalue weighted by atomic mass is 10.0. The fourth-order valence-corrected chi connectivity index (χ4v) is 2.87. The molecule has 1 aliphatic rings. The lowest BCUT2D eigenvalue weighted by Crippen LogP contribution is -2.42. The number of rotatable bonds is 3. The molecule has 1 amide bonds. The number of amides is 1. The molecule has 2 aromatic rings. The van der Waals surface area contributed by atoms with Crippen molar-refractivity contribution in [1.82, 2.24) is 24.8 Å². The average Bonchev–Trinajstić information content (AvgIpc) is 2.61. The van der Waals surface area contributed by atoms with Gasteiger partial charge in [-0.1, -0.05) is 23.2 Å². The molecule has 1 atom stereocenters. The molecule has 0 bridgehead atoms. The number of anilines is 1. The zero-order valence-electron chi connectivity index (χ0n) is 13.0. The third-order valence-corrected chi connectivity index (χ3v) is 3.96. The molecule has 0 aliphatic carbocycles. The number of carbonyl (C=O) groups excluding carboxylic acids is 1. The monoisotopic (exact) mass is 380 g/mol. The lowest BCUT2D eigenvalue weighted by molar-refractivity contribution is -0.134. The molecule has 3 heterocycles. The summed E-state index contributed by atoms with van der Waals surface area (Å²) in [4.78, 5) is 30.0. The number of halogens is 2. The van der Waals surface area contributed by atoms with E-state index < -0.39 is 0 Å². The lowest BCUT2D eigenvalue weighted by Gasteiger charge is -2.35. The van der Waals surface area contributed by atoms with Gasteiger partial charge >= 0.3 is 0 Å². The minimum absolute atomic E-state index is 0.0818. The number of hydrogen-bond acceptors (Lipinski definition) is 7. The predicted octanol–water partition coefficient (Wildman–Crippen LogP) is 1.82. The Labute approximate surface area is 153 Å². The van der Waals surface area contributed by atoms with Crippen LogP contribution in [0.15, 0.2) is 30.1 Å². The second kappa shape index (κ2) is 7.73. The third kappa shape index (κ3) is 4.04. The van der Waals surface area contributed by atoms with Crippen LogP contribution < -0.4 is 5.73 Å². The molecule has 0 spiro atoms. The predicted molar refractivity (Wildman–Crippen MR) is 92.7 cm³/mol. The van der Waals surface area contributed by atoms with E-state index in [9.17, 15) is 4.79 Å². The van der Waals surface area contributed by atoms with Crippen LogP contribution in [-0.4, -0.2) is 50.5 Å². The molecular formula is C15H14Cl2N6O2. The molecule has 1 aliphatic heterocycles. The fourth-order valence-electron chi connectivity index (χ4n) is 2.55. The maximum absolute atomic E-state index is 12.3. The Bertz CT molecular complexity index is 816. The highest BCUT2D eigenvalue weighted by Crippen LogP contribution is 2.29. The Hall–Kier alpha value is -2.29. The van der Waals surface area contributed by atoms with Crippen molar-refractivity contribution in [3.05, 3.63) is 40.8 Å². The summed E-state index contributed by atoms with van der Waals surface area (Å²) in [5.41, 5.74) is 7.97. The molecule has 10 heteroatoms. The summed E-state index contributed by atoms with van der Waals surface area (Å²) >= 11 is 11.7. The zero-order chi connectivity index (χ0) is 17.8. The zero-order valence-corrected chi connectivity index (χ0v) is 14.5. The molecule has 2 aromatic heterocycles. The van der Waals surface area contributed by atoms with Crippen molar-refractivity contribution in [2.24, 2.45) is 0 Å². The van der Waals surface area contributed by atoms with Crippen LogP contribution in [0.4, 0.5) is 5.95 Å². The molecule has 130 valence electrons. The van der Waals surface area contributed by atoms with Crippen molar-refractivity contribution in [2.75, 3.05) is 25.5 Å². The molecule has 0 unspecified atom stereocenters. The molecular weight excluding hydrogens is 367 g/mol. The number of ether oxygens (including phenoxy) is 1. The quantitative estimate of drug-likeness (QED) is 0.638. The molecule has 3 rings (SSSR count). The highest BCUT2D eigenvalue weighted by Gasteiger charge is 2.28. The van der Waals surface area contributed by atoms with Crippen LogP contribution >= 0.6 is 23.2 Å². The minimum Gasteiger partial charge on any atom is -0.377 e. The molecule has 1 fully saturated rings. The van der Waals surface area contributed by atoms with Gasteiger partial charge in [0.05, 0.1) is 19.3 Å². The van der Waals surface area contributed by atoms with Crippen molar-refractivity contribution >= 4 is 35.1 Å². The van der Waals surface area contributed by atoms with Gasteiger partial charge in [0.2, 0.25) is 11.9 Å². The maximum Gasteiger partial charge on any atom is 0.248 e. The Morgan fingerprint density at radius 3 is 2.96 bits per heavy atom. The Morgan fingerprint density at radius 2 is 2.20 bits per heavy atom.